The SMILES string of the molecule is CCN(CCCC(C)(C)C(N)=S)Cc1ccco1. The summed E-state index contributed by atoms with van der Waals surface area (Å²) >= 11 is 5.08. The molecule has 0 bridgehead atoms. The molecule has 2 N–H and O–H groups in total. The summed E-state index contributed by atoms with van der Waals surface area (Å²) in [7, 11) is 0. The Bertz CT molecular complexity index is 360. The summed E-state index contributed by atoms with van der Waals surface area (Å²) in [5.41, 5.74) is 5.69. The lowest BCUT2D eigenvalue weighted by atomic mass is 9.88. The van der Waals surface area contributed by atoms with Gasteiger partial charge in [-0.05, 0) is 38.1 Å². The molecule has 1 heterocycles. The molecule has 1 aromatic heterocycles. The summed E-state index contributed by atoms with van der Waals surface area (Å²) < 4.78 is 5.37. The van der Waals surface area contributed by atoms with Crippen LogP contribution in [0.2, 0.25) is 0 Å². The maximum atomic E-state index is 5.73. The van der Waals surface area contributed by atoms with E-state index in [0.29, 0.717) is 4.99 Å². The first-order chi connectivity index (χ1) is 8.45. The van der Waals surface area contributed by atoms with E-state index < -0.39 is 0 Å². The lowest BCUT2D eigenvalue weighted by molar-refractivity contribution is 0.242. The predicted molar refractivity (Wildman–Crippen MR) is 79.5 cm³/mol. The Hall–Kier alpha value is -0.870. The van der Waals surface area contributed by atoms with Gasteiger partial charge in [-0.25, -0.2) is 0 Å². The third-order valence-corrected chi connectivity index (χ3v) is 3.90. The number of nitrogens with zero attached hydrogens (tertiary/aromatic N) is 1. The molecule has 0 aliphatic rings. The van der Waals surface area contributed by atoms with Crippen LogP contribution in [0, 0.1) is 5.41 Å². The van der Waals surface area contributed by atoms with Crippen molar-refractivity contribution < 1.29 is 4.42 Å². The molecule has 0 amide bonds. The molecule has 0 aromatic carbocycles. The molecule has 0 fully saturated rings. The summed E-state index contributed by atoms with van der Waals surface area (Å²) in [5, 5.41) is 0. The van der Waals surface area contributed by atoms with E-state index in [4.69, 9.17) is 22.4 Å². The van der Waals surface area contributed by atoms with Gasteiger partial charge in [-0.1, -0.05) is 33.0 Å². The van der Waals surface area contributed by atoms with Crippen molar-refractivity contribution >= 4 is 17.2 Å². The van der Waals surface area contributed by atoms with Crippen molar-refractivity contribution in [3.63, 3.8) is 0 Å². The van der Waals surface area contributed by atoms with Gasteiger partial charge in [0.1, 0.15) is 5.76 Å². The second kappa shape index (κ2) is 6.90. The van der Waals surface area contributed by atoms with E-state index >= 15 is 0 Å². The van der Waals surface area contributed by atoms with Gasteiger partial charge in [-0.15, -0.1) is 0 Å². The number of nitrogens with two attached hydrogens (primary N) is 1. The van der Waals surface area contributed by atoms with Crippen molar-refractivity contribution in [3.8, 4) is 0 Å². The molecule has 0 unspecified atom stereocenters. The molecule has 18 heavy (non-hydrogen) atoms. The quantitative estimate of drug-likeness (QED) is 0.735. The van der Waals surface area contributed by atoms with Crippen molar-refractivity contribution in [3.05, 3.63) is 24.2 Å². The third-order valence-electron chi connectivity index (χ3n) is 3.35. The molecule has 4 heteroatoms. The van der Waals surface area contributed by atoms with Crippen LogP contribution in [0.5, 0.6) is 0 Å². The zero-order chi connectivity index (χ0) is 13.6. The first-order valence-corrected chi connectivity index (χ1v) is 6.91. The highest BCUT2D eigenvalue weighted by Gasteiger charge is 2.21. The average Bonchev–Trinajstić information content (AvgIpc) is 2.80. The summed E-state index contributed by atoms with van der Waals surface area (Å²) in [6.07, 6.45) is 3.84. The smallest absolute Gasteiger partial charge is 0.117 e. The van der Waals surface area contributed by atoms with Crippen molar-refractivity contribution in [2.24, 2.45) is 11.1 Å². The van der Waals surface area contributed by atoms with Crippen molar-refractivity contribution in [2.75, 3.05) is 13.1 Å². The number of hydrogen-bond acceptors (Lipinski definition) is 3. The van der Waals surface area contributed by atoms with Crippen LogP contribution >= 0.6 is 12.2 Å². The molecule has 0 aliphatic heterocycles. The monoisotopic (exact) mass is 268 g/mol. The molecule has 1 rings (SSSR count). The molecule has 0 saturated heterocycles. The van der Waals surface area contributed by atoms with E-state index in [1.165, 1.54) is 0 Å². The standard InChI is InChI=1S/C14H24N2OS/c1-4-16(11-12-7-5-10-17-12)9-6-8-14(2,3)13(15)18/h5,7,10H,4,6,8-9,11H2,1-3H3,(H2,15,18). The van der Waals surface area contributed by atoms with Gasteiger partial charge >= 0.3 is 0 Å². The van der Waals surface area contributed by atoms with Gasteiger partial charge in [0.15, 0.2) is 0 Å². The Kier molecular flexibility index (Phi) is 5.82. The van der Waals surface area contributed by atoms with Crippen LogP contribution in [0.25, 0.3) is 0 Å². The Morgan fingerprint density at radius 2 is 2.22 bits per heavy atom. The van der Waals surface area contributed by atoms with Crippen LogP contribution in [-0.4, -0.2) is 23.0 Å². The van der Waals surface area contributed by atoms with Gasteiger partial charge in [-0.2, -0.15) is 0 Å². The topological polar surface area (TPSA) is 42.4 Å². The molecular formula is C14H24N2OS. The molecule has 0 spiro atoms. The van der Waals surface area contributed by atoms with Crippen molar-refractivity contribution in [1.82, 2.24) is 4.90 Å². The zero-order valence-corrected chi connectivity index (χ0v) is 12.4. The highest BCUT2D eigenvalue weighted by molar-refractivity contribution is 7.80. The van der Waals surface area contributed by atoms with Crippen LogP contribution < -0.4 is 5.73 Å². The Labute approximate surface area is 115 Å². The summed E-state index contributed by atoms with van der Waals surface area (Å²) in [6.45, 7) is 9.33. The van der Waals surface area contributed by atoms with Crippen LogP contribution in [0.15, 0.2) is 22.8 Å². The fraction of sp³-hybridized carbons (Fsp3) is 0.643. The summed E-state index contributed by atoms with van der Waals surface area (Å²) in [6, 6.07) is 3.95. The molecule has 0 atom stereocenters. The van der Waals surface area contributed by atoms with E-state index in [9.17, 15) is 0 Å². The number of thiocarbonyl (C=S) groups is 1. The van der Waals surface area contributed by atoms with Gasteiger partial charge in [0.05, 0.1) is 17.8 Å². The number of furan rings is 1. The Balaban J connectivity index is 2.34. The highest BCUT2D eigenvalue weighted by atomic mass is 32.1. The lowest BCUT2D eigenvalue weighted by Crippen LogP contribution is -2.31. The minimum Gasteiger partial charge on any atom is -0.468 e. The molecule has 0 radical (unpaired) electrons. The number of hydrogen-bond donors (Lipinski definition) is 1. The van der Waals surface area contributed by atoms with Crippen molar-refractivity contribution in [2.45, 2.75) is 40.2 Å². The largest absolute Gasteiger partial charge is 0.468 e. The van der Waals surface area contributed by atoms with Gasteiger partial charge in [-0.3, -0.25) is 4.90 Å². The van der Waals surface area contributed by atoms with Crippen LogP contribution in [0.4, 0.5) is 0 Å². The minimum absolute atomic E-state index is 0.0422. The highest BCUT2D eigenvalue weighted by Crippen LogP contribution is 2.22. The molecule has 0 aliphatic carbocycles. The van der Waals surface area contributed by atoms with Crippen LogP contribution in [-0.2, 0) is 6.54 Å². The van der Waals surface area contributed by atoms with Gasteiger partial charge in [0.25, 0.3) is 0 Å². The second-order valence-corrected chi connectivity index (χ2v) is 5.74. The van der Waals surface area contributed by atoms with Gasteiger partial charge in [0.2, 0.25) is 0 Å². The molecule has 1 aromatic rings. The van der Waals surface area contributed by atoms with E-state index in [-0.39, 0.29) is 5.41 Å². The van der Waals surface area contributed by atoms with Gasteiger partial charge < -0.3 is 10.2 Å². The maximum Gasteiger partial charge on any atom is 0.117 e. The fourth-order valence-electron chi connectivity index (χ4n) is 1.84. The van der Waals surface area contributed by atoms with Crippen LogP contribution in [0.3, 0.4) is 0 Å². The van der Waals surface area contributed by atoms with Gasteiger partial charge in [0, 0.05) is 5.41 Å². The molecule has 0 saturated carbocycles. The first kappa shape index (κ1) is 15.2. The Morgan fingerprint density at radius 1 is 1.50 bits per heavy atom. The molecule has 102 valence electrons. The van der Waals surface area contributed by atoms with Crippen molar-refractivity contribution in [1.29, 1.82) is 0 Å². The molecule has 3 nitrogen and oxygen atoms in total. The summed E-state index contributed by atoms with van der Waals surface area (Å²) in [4.78, 5) is 2.98. The average molecular weight is 268 g/mol. The van der Waals surface area contributed by atoms with E-state index in [0.717, 1.165) is 38.2 Å². The Morgan fingerprint density at radius 3 is 2.72 bits per heavy atom. The first-order valence-electron chi connectivity index (χ1n) is 6.50. The zero-order valence-electron chi connectivity index (χ0n) is 11.6. The fourth-order valence-corrected chi connectivity index (χ4v) is 1.94. The predicted octanol–water partition coefficient (Wildman–Crippen LogP) is 3.19. The molecular weight excluding hydrogens is 244 g/mol. The van der Waals surface area contributed by atoms with E-state index in [1.807, 2.05) is 12.1 Å². The second-order valence-electron chi connectivity index (χ2n) is 5.30. The van der Waals surface area contributed by atoms with E-state index in [1.54, 1.807) is 6.26 Å². The maximum absolute atomic E-state index is 5.73. The third kappa shape index (κ3) is 4.78. The summed E-state index contributed by atoms with van der Waals surface area (Å²) in [5.74, 6) is 1.02. The van der Waals surface area contributed by atoms with E-state index in [2.05, 4.69) is 25.7 Å². The lowest BCUT2D eigenvalue weighted by Gasteiger charge is -2.25. The minimum atomic E-state index is -0.0422. The number of rotatable bonds is 8. The van der Waals surface area contributed by atoms with Crippen LogP contribution in [0.1, 0.15) is 39.4 Å². The normalized spacial score (nSPS) is 12.0.